The summed E-state index contributed by atoms with van der Waals surface area (Å²) in [4.78, 5) is 28.5. The maximum absolute atomic E-state index is 13.5. The highest BCUT2D eigenvalue weighted by molar-refractivity contribution is 5.88. The van der Waals surface area contributed by atoms with Crippen LogP contribution in [0.1, 0.15) is 35.6 Å². The SMILES string of the molecule is CCCNC(=O)C(Cc1ccccc1)N(Cc1ccccc1)C(=O)COc1cc(C)ccc1C. The zero-order chi connectivity index (χ0) is 24.3. The molecule has 34 heavy (non-hydrogen) atoms. The Bertz CT molecular complexity index is 1070. The summed E-state index contributed by atoms with van der Waals surface area (Å²) in [5.41, 5.74) is 3.99. The van der Waals surface area contributed by atoms with Crippen LogP contribution in [-0.4, -0.2) is 35.9 Å². The summed E-state index contributed by atoms with van der Waals surface area (Å²) in [6.07, 6.45) is 1.25. The second-order valence-electron chi connectivity index (χ2n) is 8.56. The largest absolute Gasteiger partial charge is 0.483 e. The minimum Gasteiger partial charge on any atom is -0.483 e. The smallest absolute Gasteiger partial charge is 0.261 e. The molecule has 0 aromatic heterocycles. The van der Waals surface area contributed by atoms with E-state index in [1.807, 2.05) is 99.6 Å². The van der Waals surface area contributed by atoms with Crippen LogP contribution in [0.2, 0.25) is 0 Å². The Morgan fingerprint density at radius 3 is 2.21 bits per heavy atom. The van der Waals surface area contributed by atoms with Gasteiger partial charge in [0, 0.05) is 19.5 Å². The average Bonchev–Trinajstić information content (AvgIpc) is 2.86. The molecule has 5 heteroatoms. The van der Waals surface area contributed by atoms with Gasteiger partial charge in [-0.15, -0.1) is 0 Å². The highest BCUT2D eigenvalue weighted by Crippen LogP contribution is 2.20. The lowest BCUT2D eigenvalue weighted by Crippen LogP contribution is -2.51. The topological polar surface area (TPSA) is 58.6 Å². The first-order valence-electron chi connectivity index (χ1n) is 11.8. The Kier molecular flexibility index (Phi) is 9.27. The van der Waals surface area contributed by atoms with Crippen LogP contribution in [-0.2, 0) is 22.6 Å². The molecule has 0 fully saturated rings. The molecule has 3 rings (SSSR count). The van der Waals surface area contributed by atoms with E-state index < -0.39 is 6.04 Å². The number of nitrogens with zero attached hydrogens (tertiary/aromatic N) is 1. The first kappa shape index (κ1) is 25.0. The number of carbonyl (C=O) groups is 2. The van der Waals surface area contributed by atoms with Crippen LogP contribution in [0.15, 0.2) is 78.9 Å². The molecule has 0 aliphatic heterocycles. The van der Waals surface area contributed by atoms with E-state index in [-0.39, 0.29) is 18.4 Å². The van der Waals surface area contributed by atoms with E-state index in [0.717, 1.165) is 28.7 Å². The highest BCUT2D eigenvalue weighted by Gasteiger charge is 2.30. The molecule has 0 aliphatic carbocycles. The number of hydrogen-bond acceptors (Lipinski definition) is 3. The molecule has 0 saturated carbocycles. The minimum atomic E-state index is -0.649. The van der Waals surface area contributed by atoms with Crippen molar-refractivity contribution in [3.63, 3.8) is 0 Å². The van der Waals surface area contributed by atoms with Gasteiger partial charge in [-0.2, -0.15) is 0 Å². The summed E-state index contributed by atoms with van der Waals surface area (Å²) in [6, 6.07) is 24.8. The van der Waals surface area contributed by atoms with E-state index in [9.17, 15) is 9.59 Å². The molecule has 0 saturated heterocycles. The van der Waals surface area contributed by atoms with Crippen LogP contribution in [0, 0.1) is 13.8 Å². The van der Waals surface area contributed by atoms with E-state index in [2.05, 4.69) is 5.32 Å². The number of amides is 2. The van der Waals surface area contributed by atoms with Crippen LogP contribution in [0.5, 0.6) is 5.75 Å². The van der Waals surface area contributed by atoms with Crippen LogP contribution in [0.4, 0.5) is 0 Å². The van der Waals surface area contributed by atoms with E-state index in [1.165, 1.54) is 0 Å². The Morgan fingerprint density at radius 2 is 1.56 bits per heavy atom. The molecule has 3 aromatic rings. The van der Waals surface area contributed by atoms with Gasteiger partial charge in [-0.1, -0.05) is 79.7 Å². The summed E-state index contributed by atoms with van der Waals surface area (Å²) in [7, 11) is 0. The fraction of sp³-hybridized carbons (Fsp3) is 0.310. The molecule has 0 bridgehead atoms. The summed E-state index contributed by atoms with van der Waals surface area (Å²) < 4.78 is 5.94. The second-order valence-corrected chi connectivity index (χ2v) is 8.56. The summed E-state index contributed by atoms with van der Waals surface area (Å²) in [5.74, 6) is 0.308. The van der Waals surface area contributed by atoms with Crippen LogP contribution >= 0.6 is 0 Å². The standard InChI is InChI=1S/C29H34N2O3/c1-4-17-30-29(33)26(19-24-11-7-5-8-12-24)31(20-25-13-9-6-10-14-25)28(32)21-34-27-18-22(2)15-16-23(27)3/h5-16,18,26H,4,17,19-21H2,1-3H3,(H,30,33). The van der Waals surface area contributed by atoms with Gasteiger partial charge >= 0.3 is 0 Å². The number of benzene rings is 3. The maximum atomic E-state index is 13.5. The number of nitrogens with one attached hydrogen (secondary N) is 1. The van der Waals surface area contributed by atoms with Gasteiger partial charge in [-0.3, -0.25) is 9.59 Å². The fourth-order valence-corrected chi connectivity index (χ4v) is 3.79. The van der Waals surface area contributed by atoms with Crippen molar-refractivity contribution in [2.45, 2.75) is 46.2 Å². The Morgan fingerprint density at radius 1 is 0.912 bits per heavy atom. The van der Waals surface area contributed by atoms with Gasteiger partial charge < -0.3 is 15.0 Å². The molecule has 3 aromatic carbocycles. The van der Waals surface area contributed by atoms with Crippen molar-refractivity contribution >= 4 is 11.8 Å². The molecule has 1 atom stereocenters. The number of carbonyl (C=O) groups excluding carboxylic acids is 2. The van der Waals surface area contributed by atoms with Crippen LogP contribution < -0.4 is 10.1 Å². The number of rotatable bonds is 11. The van der Waals surface area contributed by atoms with E-state index >= 15 is 0 Å². The van der Waals surface area contributed by atoms with Crippen LogP contribution in [0.3, 0.4) is 0 Å². The van der Waals surface area contributed by atoms with Gasteiger partial charge in [-0.05, 0) is 48.6 Å². The molecular formula is C29H34N2O3. The van der Waals surface area contributed by atoms with Crippen molar-refractivity contribution in [1.82, 2.24) is 10.2 Å². The summed E-state index contributed by atoms with van der Waals surface area (Å²) in [5, 5.41) is 2.99. The average molecular weight is 459 g/mol. The third-order valence-corrected chi connectivity index (χ3v) is 5.71. The second kappa shape index (κ2) is 12.6. The van der Waals surface area contributed by atoms with Gasteiger partial charge in [0.25, 0.3) is 5.91 Å². The predicted octanol–water partition coefficient (Wildman–Crippen LogP) is 4.85. The van der Waals surface area contributed by atoms with Gasteiger partial charge in [0.2, 0.25) is 5.91 Å². The molecule has 1 N–H and O–H groups in total. The monoisotopic (exact) mass is 458 g/mol. The van der Waals surface area contributed by atoms with Crippen molar-refractivity contribution in [1.29, 1.82) is 0 Å². The zero-order valence-electron chi connectivity index (χ0n) is 20.3. The van der Waals surface area contributed by atoms with Crippen molar-refractivity contribution in [2.75, 3.05) is 13.2 Å². The molecule has 0 radical (unpaired) electrons. The normalized spacial score (nSPS) is 11.5. The molecule has 0 spiro atoms. The minimum absolute atomic E-state index is 0.135. The van der Waals surface area contributed by atoms with Crippen LogP contribution in [0.25, 0.3) is 0 Å². The number of aryl methyl sites for hydroxylation is 2. The molecule has 5 nitrogen and oxygen atoms in total. The maximum Gasteiger partial charge on any atom is 0.261 e. The fourth-order valence-electron chi connectivity index (χ4n) is 3.79. The first-order chi connectivity index (χ1) is 16.5. The summed E-state index contributed by atoms with van der Waals surface area (Å²) in [6.45, 7) is 6.71. The third kappa shape index (κ3) is 7.20. The molecule has 0 heterocycles. The van der Waals surface area contributed by atoms with E-state index in [0.29, 0.717) is 25.3 Å². The van der Waals surface area contributed by atoms with Crippen molar-refractivity contribution in [3.8, 4) is 5.75 Å². The third-order valence-electron chi connectivity index (χ3n) is 5.71. The van der Waals surface area contributed by atoms with Crippen molar-refractivity contribution < 1.29 is 14.3 Å². The lowest BCUT2D eigenvalue weighted by atomic mass is 10.0. The number of hydrogen-bond donors (Lipinski definition) is 1. The molecule has 2 amide bonds. The van der Waals surface area contributed by atoms with Gasteiger partial charge in [0.1, 0.15) is 11.8 Å². The Labute approximate surface area is 202 Å². The van der Waals surface area contributed by atoms with Crippen molar-refractivity contribution in [3.05, 3.63) is 101 Å². The van der Waals surface area contributed by atoms with E-state index in [4.69, 9.17) is 4.74 Å². The molecular weight excluding hydrogens is 424 g/mol. The Balaban J connectivity index is 1.88. The quantitative estimate of drug-likeness (QED) is 0.447. The zero-order valence-corrected chi connectivity index (χ0v) is 20.3. The predicted molar refractivity (Wildman–Crippen MR) is 136 cm³/mol. The highest BCUT2D eigenvalue weighted by atomic mass is 16.5. The molecule has 1 unspecified atom stereocenters. The summed E-state index contributed by atoms with van der Waals surface area (Å²) >= 11 is 0. The van der Waals surface area contributed by atoms with Gasteiger partial charge in [-0.25, -0.2) is 0 Å². The lowest BCUT2D eigenvalue weighted by Gasteiger charge is -2.31. The number of ether oxygens (including phenoxy) is 1. The lowest BCUT2D eigenvalue weighted by molar-refractivity contribution is -0.142. The molecule has 178 valence electrons. The van der Waals surface area contributed by atoms with Crippen molar-refractivity contribution in [2.24, 2.45) is 0 Å². The van der Waals surface area contributed by atoms with E-state index in [1.54, 1.807) is 4.90 Å². The first-order valence-corrected chi connectivity index (χ1v) is 11.8. The molecule has 0 aliphatic rings. The Hall–Kier alpha value is -3.60. The van der Waals surface area contributed by atoms with Gasteiger partial charge in [0.05, 0.1) is 0 Å². The van der Waals surface area contributed by atoms with Gasteiger partial charge in [0.15, 0.2) is 6.61 Å².